The summed E-state index contributed by atoms with van der Waals surface area (Å²) in [5, 5.41) is 7.09. The van der Waals surface area contributed by atoms with E-state index in [1.54, 1.807) is 19.1 Å². The zero-order chi connectivity index (χ0) is 21.5. The van der Waals surface area contributed by atoms with Crippen molar-refractivity contribution in [3.05, 3.63) is 51.9 Å². The highest BCUT2D eigenvalue weighted by atomic mass is 16.5. The van der Waals surface area contributed by atoms with Gasteiger partial charge in [0.1, 0.15) is 0 Å². The Morgan fingerprint density at radius 3 is 2.53 bits per heavy atom. The number of esters is 1. The normalized spacial score (nSPS) is 14.2. The van der Waals surface area contributed by atoms with Crippen LogP contribution in [0, 0.1) is 6.92 Å². The number of benzene rings is 1. The van der Waals surface area contributed by atoms with E-state index < -0.39 is 11.5 Å². The van der Waals surface area contributed by atoms with Gasteiger partial charge in [-0.05, 0) is 38.8 Å². The molecule has 1 amide bonds. The summed E-state index contributed by atoms with van der Waals surface area (Å²) in [7, 11) is 0. The molecule has 0 radical (unpaired) electrons. The largest absolute Gasteiger partial charge is 0.481 e. The van der Waals surface area contributed by atoms with Crippen LogP contribution in [0.15, 0.2) is 35.1 Å². The lowest BCUT2D eigenvalue weighted by atomic mass is 9.95. The topological polar surface area (TPSA) is 99.5 Å². The molecule has 1 N–H and O–H groups in total. The number of ether oxygens (including phenoxy) is 2. The van der Waals surface area contributed by atoms with E-state index in [0.29, 0.717) is 5.69 Å². The molecule has 1 aromatic carbocycles. The van der Waals surface area contributed by atoms with Crippen molar-refractivity contribution < 1.29 is 19.1 Å². The minimum Gasteiger partial charge on any atom is -0.481 e. The van der Waals surface area contributed by atoms with E-state index in [1.165, 1.54) is 6.42 Å². The molecule has 1 aliphatic rings. The second kappa shape index (κ2) is 10.0. The third-order valence-corrected chi connectivity index (χ3v) is 4.97. The Bertz CT molecular complexity index is 946. The fraction of sp³-hybridized carbons (Fsp3) is 0.455. The van der Waals surface area contributed by atoms with Gasteiger partial charge in [-0.25, -0.2) is 4.79 Å². The highest BCUT2D eigenvalue weighted by Crippen LogP contribution is 2.18. The van der Waals surface area contributed by atoms with Crippen molar-refractivity contribution in [1.29, 1.82) is 0 Å². The minimum atomic E-state index is -0.721. The lowest BCUT2D eigenvalue weighted by Gasteiger charge is -2.22. The van der Waals surface area contributed by atoms with Crippen LogP contribution in [0.5, 0.6) is 5.75 Å². The van der Waals surface area contributed by atoms with E-state index in [2.05, 4.69) is 10.4 Å². The number of nitrogens with one attached hydrogen (secondary N) is 1. The van der Waals surface area contributed by atoms with Crippen molar-refractivity contribution in [2.45, 2.75) is 52.0 Å². The summed E-state index contributed by atoms with van der Waals surface area (Å²) >= 11 is 0. The Labute approximate surface area is 175 Å². The fourth-order valence-electron chi connectivity index (χ4n) is 3.42. The first-order valence-corrected chi connectivity index (χ1v) is 10.3. The Kier molecular flexibility index (Phi) is 7.21. The van der Waals surface area contributed by atoms with Gasteiger partial charge in [0.25, 0.3) is 11.5 Å². The van der Waals surface area contributed by atoms with E-state index in [1.807, 2.05) is 19.1 Å². The van der Waals surface area contributed by atoms with Crippen LogP contribution in [0.3, 0.4) is 0 Å². The molecule has 2 aromatic rings. The maximum absolute atomic E-state index is 12.6. The average molecular weight is 413 g/mol. The Hall–Kier alpha value is -3.16. The zero-order valence-corrected chi connectivity index (χ0v) is 17.3. The van der Waals surface area contributed by atoms with Gasteiger partial charge in [-0.3, -0.25) is 9.59 Å². The molecule has 160 valence electrons. The molecule has 0 atom stereocenters. The van der Waals surface area contributed by atoms with Gasteiger partial charge in [0.2, 0.25) is 5.69 Å². The standard InChI is InChI=1S/C22H27N3O5/c1-3-29-22(28)21-18(30-14-19(26)23-16-7-5-4-6-8-16)13-20(27)25(24-21)17-11-9-15(2)10-12-17/h9-13,16H,3-8,14H2,1-2H3,(H,23,26). The molecule has 8 nitrogen and oxygen atoms in total. The van der Waals surface area contributed by atoms with E-state index in [4.69, 9.17) is 9.47 Å². The number of aryl methyl sites for hydroxylation is 1. The maximum Gasteiger partial charge on any atom is 0.362 e. The first-order chi connectivity index (χ1) is 14.5. The van der Waals surface area contributed by atoms with E-state index in [-0.39, 0.29) is 36.6 Å². The molecular formula is C22H27N3O5. The van der Waals surface area contributed by atoms with Crippen molar-refractivity contribution in [3.63, 3.8) is 0 Å². The molecule has 0 spiro atoms. The molecule has 1 saturated carbocycles. The van der Waals surface area contributed by atoms with Crippen molar-refractivity contribution in [1.82, 2.24) is 15.1 Å². The molecule has 0 aliphatic heterocycles. The molecule has 1 aromatic heterocycles. The van der Waals surface area contributed by atoms with Gasteiger partial charge in [0.05, 0.1) is 18.4 Å². The Morgan fingerprint density at radius 2 is 1.87 bits per heavy atom. The highest BCUT2D eigenvalue weighted by Gasteiger charge is 2.21. The number of amides is 1. The summed E-state index contributed by atoms with van der Waals surface area (Å²) in [6, 6.07) is 8.45. The van der Waals surface area contributed by atoms with E-state index in [9.17, 15) is 14.4 Å². The van der Waals surface area contributed by atoms with Crippen LogP contribution in [0.25, 0.3) is 5.69 Å². The summed E-state index contributed by atoms with van der Waals surface area (Å²) in [5.74, 6) is -1.08. The highest BCUT2D eigenvalue weighted by molar-refractivity contribution is 5.90. The summed E-state index contributed by atoms with van der Waals surface area (Å²) in [4.78, 5) is 37.2. The summed E-state index contributed by atoms with van der Waals surface area (Å²) in [6.45, 7) is 3.44. The fourth-order valence-corrected chi connectivity index (χ4v) is 3.42. The summed E-state index contributed by atoms with van der Waals surface area (Å²) < 4.78 is 11.7. The number of nitrogens with zero attached hydrogens (tertiary/aromatic N) is 2. The van der Waals surface area contributed by atoms with Crippen molar-refractivity contribution in [2.24, 2.45) is 0 Å². The van der Waals surface area contributed by atoms with Crippen molar-refractivity contribution >= 4 is 11.9 Å². The van der Waals surface area contributed by atoms with Crippen molar-refractivity contribution in [2.75, 3.05) is 13.2 Å². The molecule has 1 aliphatic carbocycles. The predicted molar refractivity (Wildman–Crippen MR) is 111 cm³/mol. The monoisotopic (exact) mass is 413 g/mol. The Morgan fingerprint density at radius 1 is 1.17 bits per heavy atom. The van der Waals surface area contributed by atoms with Crippen molar-refractivity contribution in [3.8, 4) is 11.4 Å². The number of rotatable bonds is 7. The first-order valence-electron chi connectivity index (χ1n) is 10.3. The lowest BCUT2D eigenvalue weighted by molar-refractivity contribution is -0.124. The molecule has 0 saturated heterocycles. The molecule has 30 heavy (non-hydrogen) atoms. The predicted octanol–water partition coefficient (Wildman–Crippen LogP) is 2.55. The first kappa shape index (κ1) is 21.5. The van der Waals surface area contributed by atoms with Gasteiger partial charge in [0, 0.05) is 6.04 Å². The minimum absolute atomic E-state index is 0.0689. The third-order valence-electron chi connectivity index (χ3n) is 4.97. The zero-order valence-electron chi connectivity index (χ0n) is 17.3. The molecule has 0 bridgehead atoms. The summed E-state index contributed by atoms with van der Waals surface area (Å²) in [6.07, 6.45) is 5.29. The second-order valence-corrected chi connectivity index (χ2v) is 7.35. The van der Waals surface area contributed by atoms with Gasteiger partial charge < -0.3 is 14.8 Å². The van der Waals surface area contributed by atoms with Crippen LogP contribution < -0.4 is 15.6 Å². The average Bonchev–Trinajstić information content (AvgIpc) is 2.74. The van der Waals surface area contributed by atoms with E-state index >= 15 is 0 Å². The number of carbonyl (C=O) groups is 2. The Balaban J connectivity index is 1.80. The van der Waals surface area contributed by atoms with Gasteiger partial charge in [-0.15, -0.1) is 0 Å². The SMILES string of the molecule is CCOC(=O)c1nn(-c2ccc(C)cc2)c(=O)cc1OCC(=O)NC1CCCCC1. The molecule has 3 rings (SSSR count). The van der Waals surface area contributed by atoms with Crippen LogP contribution in [0.1, 0.15) is 55.1 Å². The quantitative estimate of drug-likeness (QED) is 0.701. The molecule has 1 fully saturated rings. The third kappa shape index (κ3) is 5.46. The van der Waals surface area contributed by atoms with Crippen LogP contribution in [0.2, 0.25) is 0 Å². The van der Waals surface area contributed by atoms with Gasteiger partial charge in [-0.1, -0.05) is 37.0 Å². The van der Waals surface area contributed by atoms with E-state index in [0.717, 1.165) is 42.0 Å². The molecule has 0 unspecified atom stereocenters. The van der Waals surface area contributed by atoms with Crippen LogP contribution in [-0.4, -0.2) is 40.9 Å². The molecule has 1 heterocycles. The number of aromatic nitrogens is 2. The second-order valence-electron chi connectivity index (χ2n) is 7.35. The van der Waals surface area contributed by atoms with Gasteiger partial charge >= 0.3 is 5.97 Å². The molecule has 8 heteroatoms. The number of carbonyl (C=O) groups excluding carboxylic acids is 2. The van der Waals surface area contributed by atoms with Gasteiger partial charge in [0.15, 0.2) is 12.4 Å². The van der Waals surface area contributed by atoms with Crippen LogP contribution in [0.4, 0.5) is 0 Å². The van der Waals surface area contributed by atoms with Crippen LogP contribution in [-0.2, 0) is 9.53 Å². The van der Waals surface area contributed by atoms with Gasteiger partial charge in [-0.2, -0.15) is 9.78 Å². The number of hydrogen-bond donors (Lipinski definition) is 1. The maximum atomic E-state index is 12.6. The smallest absolute Gasteiger partial charge is 0.362 e. The van der Waals surface area contributed by atoms with Crippen LogP contribution >= 0.6 is 0 Å². The summed E-state index contributed by atoms with van der Waals surface area (Å²) in [5.41, 5.74) is 0.913. The number of hydrogen-bond acceptors (Lipinski definition) is 6. The lowest BCUT2D eigenvalue weighted by Crippen LogP contribution is -2.39. The molecular weight excluding hydrogens is 386 g/mol.